The highest BCUT2D eigenvalue weighted by molar-refractivity contribution is 5.82. The van der Waals surface area contributed by atoms with Gasteiger partial charge in [0.1, 0.15) is 13.1 Å². The number of alkyl halides is 3. The van der Waals surface area contributed by atoms with Gasteiger partial charge in [-0.05, 0) is 0 Å². The molecule has 0 spiro atoms. The molecule has 0 saturated heterocycles. The first kappa shape index (κ1) is 12.7. The van der Waals surface area contributed by atoms with Gasteiger partial charge in [-0.15, -0.1) is 0 Å². The van der Waals surface area contributed by atoms with E-state index in [0.29, 0.717) is 0 Å². The Labute approximate surface area is 77.3 Å². The van der Waals surface area contributed by atoms with Crippen LogP contribution in [-0.2, 0) is 9.59 Å². The smallest absolute Gasteiger partial charge is 0.406 e. The number of hydrogen-bond acceptors (Lipinski definition) is 3. The van der Waals surface area contributed by atoms with Crippen LogP contribution in [0.2, 0.25) is 0 Å². The second-order valence-corrected chi connectivity index (χ2v) is 2.46. The number of carboxylic acid groups (broad SMARTS) is 1. The number of nitrogens with two attached hydrogens (primary N) is 1. The van der Waals surface area contributed by atoms with Gasteiger partial charge in [0.25, 0.3) is 0 Å². The summed E-state index contributed by atoms with van der Waals surface area (Å²) in [5.41, 5.74) is 4.82. The van der Waals surface area contributed by atoms with Crippen LogP contribution < -0.4 is 5.73 Å². The van der Waals surface area contributed by atoms with E-state index in [4.69, 9.17) is 10.8 Å². The quantitative estimate of drug-likeness (QED) is 0.655. The lowest BCUT2D eigenvalue weighted by Gasteiger charge is -2.21. The number of hydrogen-bond donors (Lipinski definition) is 2. The van der Waals surface area contributed by atoms with Gasteiger partial charge < -0.3 is 15.7 Å². The Morgan fingerprint density at radius 2 is 1.86 bits per heavy atom. The van der Waals surface area contributed by atoms with E-state index in [0.717, 1.165) is 0 Å². The molecule has 1 amide bonds. The molecule has 8 heteroatoms. The summed E-state index contributed by atoms with van der Waals surface area (Å²) in [5.74, 6) is -2.57. The number of amides is 1. The first-order valence-corrected chi connectivity index (χ1v) is 3.52. The number of carbonyl (C=O) groups excluding carboxylic acids is 1. The molecule has 0 fully saturated rings. The molecule has 0 radical (unpaired) electrons. The molecule has 0 saturated carbocycles. The number of nitrogens with zero attached hydrogens (tertiary/aromatic N) is 1. The van der Waals surface area contributed by atoms with Crippen molar-refractivity contribution in [3.05, 3.63) is 0 Å². The Balaban J connectivity index is 4.40. The predicted molar refractivity (Wildman–Crippen MR) is 39.3 cm³/mol. The largest absolute Gasteiger partial charge is 0.480 e. The summed E-state index contributed by atoms with van der Waals surface area (Å²) in [6.07, 6.45) is -4.62. The average Bonchev–Trinajstić information content (AvgIpc) is 1.98. The lowest BCUT2D eigenvalue weighted by molar-refractivity contribution is -0.164. The maximum atomic E-state index is 11.8. The highest BCUT2D eigenvalue weighted by Gasteiger charge is 2.33. The molecule has 0 aromatic rings. The Bertz CT molecular complexity index is 229. The van der Waals surface area contributed by atoms with E-state index in [1.807, 2.05) is 0 Å². The molecular formula is C6H9F3N2O3. The van der Waals surface area contributed by atoms with E-state index in [-0.39, 0.29) is 4.90 Å². The first-order chi connectivity index (χ1) is 6.26. The molecule has 0 aromatic carbocycles. The van der Waals surface area contributed by atoms with Crippen molar-refractivity contribution in [2.75, 3.05) is 19.6 Å². The van der Waals surface area contributed by atoms with Crippen molar-refractivity contribution >= 4 is 11.9 Å². The SMILES string of the molecule is NCC(=O)N(CC(=O)O)CC(F)(F)F. The highest BCUT2D eigenvalue weighted by atomic mass is 19.4. The van der Waals surface area contributed by atoms with Crippen LogP contribution in [0.5, 0.6) is 0 Å². The standard InChI is InChI=1S/C6H9F3N2O3/c7-6(8,9)3-11(2-5(13)14)4(12)1-10/h1-3,10H2,(H,13,14). The lowest BCUT2D eigenvalue weighted by atomic mass is 10.4. The molecule has 0 aliphatic heterocycles. The molecule has 0 heterocycles. The van der Waals surface area contributed by atoms with Crippen molar-refractivity contribution in [1.82, 2.24) is 4.90 Å². The molecular weight excluding hydrogens is 205 g/mol. The van der Waals surface area contributed by atoms with Gasteiger partial charge in [-0.3, -0.25) is 9.59 Å². The highest BCUT2D eigenvalue weighted by Crippen LogP contribution is 2.16. The summed E-state index contributed by atoms with van der Waals surface area (Å²) >= 11 is 0. The fraction of sp³-hybridized carbons (Fsp3) is 0.667. The maximum absolute atomic E-state index is 11.8. The molecule has 3 N–H and O–H groups in total. The summed E-state index contributed by atoms with van der Waals surface area (Å²) < 4.78 is 35.5. The Morgan fingerprint density at radius 3 is 2.14 bits per heavy atom. The normalized spacial score (nSPS) is 11.1. The average molecular weight is 214 g/mol. The Kier molecular flexibility index (Phi) is 4.35. The zero-order chi connectivity index (χ0) is 11.4. The third kappa shape index (κ3) is 5.36. The molecule has 82 valence electrons. The van der Waals surface area contributed by atoms with Crippen molar-refractivity contribution in [2.24, 2.45) is 5.73 Å². The van der Waals surface area contributed by atoms with Crippen molar-refractivity contribution < 1.29 is 27.9 Å². The predicted octanol–water partition coefficient (Wildman–Crippen LogP) is -0.579. The van der Waals surface area contributed by atoms with E-state index in [2.05, 4.69) is 0 Å². The van der Waals surface area contributed by atoms with Crippen LogP contribution in [0.4, 0.5) is 13.2 Å². The van der Waals surface area contributed by atoms with Gasteiger partial charge in [-0.2, -0.15) is 13.2 Å². The van der Waals surface area contributed by atoms with Crippen molar-refractivity contribution in [3.8, 4) is 0 Å². The minimum Gasteiger partial charge on any atom is -0.480 e. The van der Waals surface area contributed by atoms with Gasteiger partial charge in [0.15, 0.2) is 0 Å². The molecule has 5 nitrogen and oxygen atoms in total. The van der Waals surface area contributed by atoms with Crippen molar-refractivity contribution in [2.45, 2.75) is 6.18 Å². The Hall–Kier alpha value is -1.31. The summed E-state index contributed by atoms with van der Waals surface area (Å²) in [4.78, 5) is 21.0. The molecule has 0 atom stereocenters. The minimum absolute atomic E-state index is 0.141. The van der Waals surface area contributed by atoms with Gasteiger partial charge in [0.05, 0.1) is 6.54 Å². The summed E-state index contributed by atoms with van der Waals surface area (Å²) in [5, 5.41) is 8.22. The van der Waals surface area contributed by atoms with Crippen LogP contribution in [-0.4, -0.2) is 47.7 Å². The molecule has 0 aromatic heterocycles. The number of carbonyl (C=O) groups is 2. The second kappa shape index (κ2) is 4.80. The van der Waals surface area contributed by atoms with Crippen molar-refractivity contribution in [1.29, 1.82) is 0 Å². The zero-order valence-corrected chi connectivity index (χ0v) is 7.04. The van der Waals surface area contributed by atoms with E-state index in [1.165, 1.54) is 0 Å². The second-order valence-electron chi connectivity index (χ2n) is 2.46. The number of carboxylic acids is 1. The van der Waals surface area contributed by atoms with Crippen molar-refractivity contribution in [3.63, 3.8) is 0 Å². The van der Waals surface area contributed by atoms with Gasteiger partial charge >= 0.3 is 12.1 Å². The van der Waals surface area contributed by atoms with Gasteiger partial charge in [0, 0.05) is 0 Å². The van der Waals surface area contributed by atoms with E-state index in [9.17, 15) is 22.8 Å². The van der Waals surface area contributed by atoms with Crippen LogP contribution >= 0.6 is 0 Å². The summed E-state index contributed by atoms with van der Waals surface area (Å²) in [6, 6.07) is 0. The molecule has 0 aliphatic rings. The van der Waals surface area contributed by atoms with E-state index >= 15 is 0 Å². The summed E-state index contributed by atoms with van der Waals surface area (Å²) in [7, 11) is 0. The number of aliphatic carboxylic acids is 1. The van der Waals surface area contributed by atoms with Gasteiger partial charge in [-0.25, -0.2) is 0 Å². The van der Waals surface area contributed by atoms with Crippen LogP contribution in [0.25, 0.3) is 0 Å². The van der Waals surface area contributed by atoms with Crippen LogP contribution in [0.15, 0.2) is 0 Å². The van der Waals surface area contributed by atoms with E-state index < -0.39 is 37.7 Å². The molecule has 0 bridgehead atoms. The van der Waals surface area contributed by atoms with Gasteiger partial charge in [-0.1, -0.05) is 0 Å². The zero-order valence-electron chi connectivity index (χ0n) is 7.04. The molecule has 0 aliphatic carbocycles. The first-order valence-electron chi connectivity index (χ1n) is 3.52. The number of rotatable bonds is 4. The molecule has 0 unspecified atom stereocenters. The molecule has 0 rings (SSSR count). The van der Waals surface area contributed by atoms with Crippen LogP contribution in [0, 0.1) is 0 Å². The fourth-order valence-electron chi connectivity index (χ4n) is 0.741. The maximum Gasteiger partial charge on any atom is 0.406 e. The lowest BCUT2D eigenvalue weighted by Crippen LogP contribution is -2.44. The Morgan fingerprint density at radius 1 is 1.36 bits per heavy atom. The monoisotopic (exact) mass is 214 g/mol. The van der Waals surface area contributed by atoms with Crippen LogP contribution in [0.3, 0.4) is 0 Å². The summed E-state index contributed by atoms with van der Waals surface area (Å²) in [6.45, 7) is -3.26. The van der Waals surface area contributed by atoms with Crippen LogP contribution in [0.1, 0.15) is 0 Å². The topological polar surface area (TPSA) is 83.6 Å². The fourth-order valence-corrected chi connectivity index (χ4v) is 0.741. The van der Waals surface area contributed by atoms with Gasteiger partial charge in [0.2, 0.25) is 5.91 Å². The third-order valence-corrected chi connectivity index (χ3v) is 1.22. The third-order valence-electron chi connectivity index (χ3n) is 1.22. The number of halogens is 3. The van der Waals surface area contributed by atoms with E-state index in [1.54, 1.807) is 0 Å². The molecule has 14 heavy (non-hydrogen) atoms. The minimum atomic E-state index is -4.62.